The molecule has 1 aromatic carbocycles. The van der Waals surface area contributed by atoms with Crippen LogP contribution in [-0.4, -0.2) is 43.9 Å². The molecule has 0 radical (unpaired) electrons. The molecule has 5 nitrogen and oxygen atoms in total. The maximum Gasteiger partial charge on any atom is 0.243 e. The molecule has 0 aliphatic heterocycles. The van der Waals surface area contributed by atoms with Crippen LogP contribution in [0.15, 0.2) is 18.2 Å². The lowest BCUT2D eigenvalue weighted by Gasteiger charge is -2.16. The third-order valence-corrected chi connectivity index (χ3v) is 3.08. The summed E-state index contributed by atoms with van der Waals surface area (Å²) in [4.78, 5) is 24.5. The molecule has 2 N–H and O–H groups in total. The van der Waals surface area contributed by atoms with Crippen LogP contribution in [-0.2, 0) is 9.59 Å². The van der Waals surface area contributed by atoms with Gasteiger partial charge < -0.3 is 15.5 Å². The van der Waals surface area contributed by atoms with Gasteiger partial charge in [0.15, 0.2) is 0 Å². The molecule has 7 heteroatoms. The van der Waals surface area contributed by atoms with Crippen LogP contribution in [0.25, 0.3) is 0 Å². The quantitative estimate of drug-likeness (QED) is 0.869. The number of nitrogens with zero attached hydrogens (tertiary/aromatic N) is 1. The molecule has 0 spiro atoms. The van der Waals surface area contributed by atoms with Crippen LogP contribution in [0.2, 0.25) is 10.0 Å². The Balaban J connectivity index is 2.55. The minimum absolute atomic E-state index is 0.0270. The highest BCUT2D eigenvalue weighted by Gasteiger charge is 2.12. The van der Waals surface area contributed by atoms with E-state index in [0.717, 1.165) is 0 Å². The lowest BCUT2D eigenvalue weighted by atomic mass is 10.3. The number of hydrogen-bond donors (Lipinski definition) is 2. The monoisotopic (exact) mass is 303 g/mol. The van der Waals surface area contributed by atoms with Gasteiger partial charge in [0.05, 0.1) is 23.1 Å². The average molecular weight is 304 g/mol. The summed E-state index contributed by atoms with van der Waals surface area (Å²) in [6.45, 7) is 0.164. The van der Waals surface area contributed by atoms with Crippen LogP contribution in [0.5, 0.6) is 0 Å². The molecule has 2 amide bonds. The van der Waals surface area contributed by atoms with Gasteiger partial charge in [0.25, 0.3) is 0 Å². The first-order valence-electron chi connectivity index (χ1n) is 5.57. The summed E-state index contributed by atoms with van der Waals surface area (Å²) >= 11 is 11.6. The van der Waals surface area contributed by atoms with Crippen molar-refractivity contribution in [3.05, 3.63) is 28.2 Å². The van der Waals surface area contributed by atoms with E-state index >= 15 is 0 Å². The Morgan fingerprint density at radius 1 is 1.26 bits per heavy atom. The summed E-state index contributed by atoms with van der Waals surface area (Å²) in [5.74, 6) is -0.461. The molecule has 0 unspecified atom stereocenters. The SMILES string of the molecule is CNCC(=O)N(C)CC(=O)Nc1ccc(Cl)c(Cl)c1. The molecule has 104 valence electrons. The van der Waals surface area contributed by atoms with Crippen LogP contribution in [0.4, 0.5) is 5.69 Å². The molecule has 1 rings (SSSR count). The van der Waals surface area contributed by atoms with E-state index in [4.69, 9.17) is 23.2 Å². The second kappa shape index (κ2) is 7.33. The van der Waals surface area contributed by atoms with Crippen LogP contribution >= 0.6 is 23.2 Å². The standard InChI is InChI=1S/C12H15Cl2N3O2/c1-15-6-12(19)17(2)7-11(18)16-8-3-4-9(13)10(14)5-8/h3-5,15H,6-7H2,1-2H3,(H,16,18). The predicted octanol–water partition coefficient (Wildman–Crippen LogP) is 1.61. The van der Waals surface area contributed by atoms with E-state index in [1.807, 2.05) is 0 Å². The van der Waals surface area contributed by atoms with Crippen molar-refractivity contribution in [1.29, 1.82) is 0 Å². The minimum atomic E-state index is -0.301. The third kappa shape index (κ3) is 5.06. The molecule has 0 bridgehead atoms. The number of amides is 2. The van der Waals surface area contributed by atoms with Crippen molar-refractivity contribution in [3.8, 4) is 0 Å². The molecule has 19 heavy (non-hydrogen) atoms. The summed E-state index contributed by atoms with van der Waals surface area (Å²) in [5, 5.41) is 6.15. The maximum atomic E-state index is 11.7. The predicted molar refractivity (Wildman–Crippen MR) is 76.7 cm³/mol. The molecule has 0 saturated carbocycles. The number of anilines is 1. The normalized spacial score (nSPS) is 10.1. The Kier molecular flexibility index (Phi) is 6.08. The smallest absolute Gasteiger partial charge is 0.243 e. The Morgan fingerprint density at radius 2 is 1.95 bits per heavy atom. The van der Waals surface area contributed by atoms with E-state index in [1.54, 1.807) is 32.3 Å². The molecule has 0 heterocycles. The maximum absolute atomic E-state index is 11.7. The van der Waals surface area contributed by atoms with Gasteiger partial charge in [0, 0.05) is 12.7 Å². The van der Waals surface area contributed by atoms with E-state index < -0.39 is 0 Å². The highest BCUT2D eigenvalue weighted by molar-refractivity contribution is 6.42. The molecule has 1 aromatic rings. The first-order valence-corrected chi connectivity index (χ1v) is 6.33. The van der Waals surface area contributed by atoms with Crippen molar-refractivity contribution in [1.82, 2.24) is 10.2 Å². The first kappa shape index (κ1) is 15.8. The largest absolute Gasteiger partial charge is 0.335 e. The Labute approximate surface area is 121 Å². The summed E-state index contributed by atoms with van der Waals surface area (Å²) in [6, 6.07) is 4.79. The zero-order valence-corrected chi connectivity index (χ0v) is 12.2. The molecule has 0 saturated heterocycles. The summed E-state index contributed by atoms with van der Waals surface area (Å²) in [6.07, 6.45) is 0. The van der Waals surface area contributed by atoms with Gasteiger partial charge in [-0.15, -0.1) is 0 Å². The van der Waals surface area contributed by atoms with Crippen molar-refractivity contribution in [2.75, 3.05) is 32.5 Å². The number of likely N-dealkylation sites (N-methyl/N-ethyl adjacent to an activating group) is 2. The van der Waals surface area contributed by atoms with Gasteiger partial charge in [-0.3, -0.25) is 9.59 Å². The van der Waals surface area contributed by atoms with Crippen molar-refractivity contribution >= 4 is 40.7 Å². The minimum Gasteiger partial charge on any atom is -0.335 e. The molecule has 0 aliphatic carbocycles. The van der Waals surface area contributed by atoms with Crippen molar-refractivity contribution in [2.24, 2.45) is 0 Å². The van der Waals surface area contributed by atoms with E-state index in [-0.39, 0.29) is 24.9 Å². The van der Waals surface area contributed by atoms with E-state index in [9.17, 15) is 9.59 Å². The van der Waals surface area contributed by atoms with E-state index in [2.05, 4.69) is 10.6 Å². The van der Waals surface area contributed by atoms with Crippen molar-refractivity contribution in [3.63, 3.8) is 0 Å². The summed E-state index contributed by atoms with van der Waals surface area (Å²) in [5.41, 5.74) is 0.536. The zero-order chi connectivity index (χ0) is 14.4. The molecule has 0 atom stereocenters. The van der Waals surface area contributed by atoms with Gasteiger partial charge in [0.1, 0.15) is 0 Å². The molecule has 0 aliphatic rings. The Bertz CT molecular complexity index is 480. The van der Waals surface area contributed by atoms with Crippen molar-refractivity contribution < 1.29 is 9.59 Å². The van der Waals surface area contributed by atoms with Gasteiger partial charge in [-0.1, -0.05) is 23.2 Å². The first-order chi connectivity index (χ1) is 8.93. The van der Waals surface area contributed by atoms with Gasteiger partial charge in [-0.2, -0.15) is 0 Å². The van der Waals surface area contributed by atoms with Crippen molar-refractivity contribution in [2.45, 2.75) is 0 Å². The molecular weight excluding hydrogens is 289 g/mol. The number of hydrogen-bond acceptors (Lipinski definition) is 3. The number of carbonyl (C=O) groups is 2. The fourth-order valence-electron chi connectivity index (χ4n) is 1.36. The Morgan fingerprint density at radius 3 is 2.53 bits per heavy atom. The van der Waals surface area contributed by atoms with E-state index in [0.29, 0.717) is 15.7 Å². The summed E-state index contributed by atoms with van der Waals surface area (Å²) in [7, 11) is 3.23. The topological polar surface area (TPSA) is 61.4 Å². The number of nitrogens with one attached hydrogen (secondary N) is 2. The second-order valence-electron chi connectivity index (χ2n) is 3.96. The van der Waals surface area contributed by atoms with Crippen LogP contribution in [0.1, 0.15) is 0 Å². The van der Waals surface area contributed by atoms with E-state index in [1.165, 1.54) is 4.90 Å². The highest BCUT2D eigenvalue weighted by atomic mass is 35.5. The molecule has 0 aromatic heterocycles. The van der Waals surface area contributed by atoms with Crippen LogP contribution < -0.4 is 10.6 Å². The number of carbonyl (C=O) groups excluding carboxylic acids is 2. The second-order valence-corrected chi connectivity index (χ2v) is 4.77. The van der Waals surface area contributed by atoms with Gasteiger partial charge in [-0.05, 0) is 25.2 Å². The van der Waals surface area contributed by atoms with Gasteiger partial charge >= 0.3 is 0 Å². The average Bonchev–Trinajstić information content (AvgIpc) is 2.34. The lowest BCUT2D eigenvalue weighted by molar-refractivity contribution is -0.132. The third-order valence-electron chi connectivity index (χ3n) is 2.34. The fourth-order valence-corrected chi connectivity index (χ4v) is 1.66. The number of halogens is 2. The van der Waals surface area contributed by atoms with Crippen LogP contribution in [0, 0.1) is 0 Å². The zero-order valence-electron chi connectivity index (χ0n) is 10.7. The van der Waals surface area contributed by atoms with Gasteiger partial charge in [-0.25, -0.2) is 0 Å². The molecular formula is C12H15Cl2N3O2. The lowest BCUT2D eigenvalue weighted by Crippen LogP contribution is -2.39. The number of rotatable bonds is 5. The Hall–Kier alpha value is -1.30. The molecule has 0 fully saturated rings. The highest BCUT2D eigenvalue weighted by Crippen LogP contribution is 2.24. The number of benzene rings is 1. The summed E-state index contributed by atoms with van der Waals surface area (Å²) < 4.78 is 0. The van der Waals surface area contributed by atoms with Crippen LogP contribution in [0.3, 0.4) is 0 Å². The fraction of sp³-hybridized carbons (Fsp3) is 0.333. The van der Waals surface area contributed by atoms with Gasteiger partial charge in [0.2, 0.25) is 11.8 Å².